The maximum absolute atomic E-state index is 11.5. The van der Waals surface area contributed by atoms with Crippen molar-refractivity contribution >= 4 is 0 Å². The van der Waals surface area contributed by atoms with Crippen molar-refractivity contribution in [3.8, 4) is 112 Å². The van der Waals surface area contributed by atoms with E-state index >= 15 is 0 Å². The summed E-state index contributed by atoms with van der Waals surface area (Å²) in [5, 5.41) is 45.9. The van der Waals surface area contributed by atoms with Crippen molar-refractivity contribution < 1.29 is 20.4 Å². The van der Waals surface area contributed by atoms with Crippen LogP contribution in [0.15, 0.2) is 340 Å². The third-order valence-corrected chi connectivity index (χ3v) is 19.1. The van der Waals surface area contributed by atoms with Crippen LogP contribution in [0.25, 0.3) is 89.0 Å². The first-order valence-electron chi connectivity index (χ1n) is 33.5. The molecular weight excluding hydrogens is 1230 g/mol. The molecule has 8 N–H and O–H groups in total. The second-order valence-corrected chi connectivity index (χ2v) is 25.1. The van der Waals surface area contributed by atoms with Crippen molar-refractivity contribution in [2.75, 3.05) is 0 Å². The van der Waals surface area contributed by atoms with Gasteiger partial charge < -0.3 is 40.4 Å². The molecule has 4 aromatic heterocycles. The van der Waals surface area contributed by atoms with Gasteiger partial charge in [0.1, 0.15) is 137 Å². The van der Waals surface area contributed by atoms with E-state index in [0.29, 0.717) is 0 Å². The number of phenolic OH excluding ortho intramolecular Hbond substituents is 4. The zero-order valence-corrected chi connectivity index (χ0v) is 54.1. The summed E-state index contributed by atoms with van der Waals surface area (Å²) in [7, 11) is 0. The Balaban J connectivity index is 1.17. The van der Waals surface area contributed by atoms with E-state index in [1.165, 1.54) is 0 Å². The highest BCUT2D eigenvalue weighted by molar-refractivity contribution is 6.01. The van der Waals surface area contributed by atoms with Gasteiger partial charge in [0.2, 0.25) is 0 Å². The van der Waals surface area contributed by atoms with Gasteiger partial charge in [-0.15, -0.1) is 0 Å². The Morgan fingerprint density at radius 1 is 0.150 bits per heavy atom. The normalized spacial score (nSPS) is 12.1. The van der Waals surface area contributed by atoms with Crippen LogP contribution in [0, 0.1) is 23.7 Å². The minimum atomic E-state index is 0.114. The highest BCUT2D eigenvalue weighted by atomic mass is 16.3. The molecule has 16 aromatic rings. The summed E-state index contributed by atoms with van der Waals surface area (Å²) in [4.78, 5) is 17.5. The largest absolute Gasteiger partial charge is 0.507 e. The van der Waals surface area contributed by atoms with Gasteiger partial charge in [-0.2, -0.15) is 0 Å². The molecule has 8 heteroatoms. The highest BCUT2D eigenvalue weighted by Gasteiger charge is 2.50. The van der Waals surface area contributed by atoms with Crippen LogP contribution < -0.4 is 0 Å². The number of hydrogen-bond donors (Lipinski definition) is 8. The van der Waals surface area contributed by atoms with Crippen LogP contribution in [-0.2, 0) is 0 Å². The number of rotatable bonds is 12. The molecule has 0 saturated carbocycles. The molecular formula is C92H64N4O4+4. The Hall–Kier alpha value is -13.6. The van der Waals surface area contributed by atoms with Crippen molar-refractivity contribution in [3.05, 3.63) is 431 Å². The number of benzene rings is 12. The fraction of sp³-hybridized carbons (Fsp3) is 0. The fourth-order valence-corrected chi connectivity index (χ4v) is 14.8. The van der Waals surface area contributed by atoms with Crippen LogP contribution in [0.2, 0.25) is 0 Å². The molecule has 0 amide bonds. The molecule has 1 aliphatic carbocycles. The average molecular weight is 1290 g/mol. The summed E-state index contributed by atoms with van der Waals surface area (Å²) in [6.07, 6.45) is 0. The molecule has 0 fully saturated rings. The van der Waals surface area contributed by atoms with Gasteiger partial charge in [-0.1, -0.05) is 146 Å². The fourth-order valence-electron chi connectivity index (χ4n) is 14.8. The molecule has 12 aromatic carbocycles. The lowest BCUT2D eigenvalue weighted by Gasteiger charge is -2.15. The number of aromatic hydroxyl groups is 4. The van der Waals surface area contributed by atoms with Gasteiger partial charge in [0, 0.05) is 142 Å². The van der Waals surface area contributed by atoms with Crippen LogP contribution in [0.1, 0.15) is 67.8 Å². The van der Waals surface area contributed by atoms with Gasteiger partial charge in [-0.25, -0.2) is 0 Å². The maximum atomic E-state index is 11.5. The quantitative estimate of drug-likeness (QED) is 0.0576. The van der Waals surface area contributed by atoms with Crippen molar-refractivity contribution in [3.63, 3.8) is 0 Å². The summed E-state index contributed by atoms with van der Waals surface area (Å²) >= 11 is 0. The zero-order chi connectivity index (χ0) is 67.2. The summed E-state index contributed by atoms with van der Waals surface area (Å²) in [6, 6.07) is 115. The predicted octanol–water partition coefficient (Wildman–Crippen LogP) is 21.5. The molecule has 8 bridgehead atoms. The van der Waals surface area contributed by atoms with E-state index in [4.69, 9.17) is 0 Å². The molecule has 17 rings (SSSR count). The van der Waals surface area contributed by atoms with Crippen molar-refractivity contribution in [2.24, 2.45) is 0 Å². The first-order chi connectivity index (χ1) is 49.3. The number of phenols is 4. The SMILES string of the molecule is Oc1ccc([C+]2c3[nH]c(c(-c4ccccc4)c3-c3ccccc3)[C+](c3ccc(O)cc3)c3[nH]c(c(-c4ccccc4)c3-c3ccccc3)[C+](c3ccc(O)cc3)c3[nH]c(c(-c4ccccc4)c3-c3ccccc3)[C+](c3ccc(O)cc3)c3[nH]c2c(-c2ccccc2)c3-c2ccccc2)cc1. The third kappa shape index (κ3) is 10.7. The molecule has 8 nitrogen and oxygen atoms in total. The van der Waals surface area contributed by atoms with E-state index in [1.54, 1.807) is 48.5 Å². The lowest BCUT2D eigenvalue weighted by molar-refractivity contribution is 0.474. The highest BCUT2D eigenvalue weighted by Crippen LogP contribution is 2.58. The van der Waals surface area contributed by atoms with Gasteiger partial charge in [0.05, 0.1) is 22.3 Å². The monoisotopic (exact) mass is 1290 g/mol. The first kappa shape index (κ1) is 60.1. The molecule has 0 aliphatic heterocycles. The third-order valence-electron chi connectivity index (χ3n) is 19.1. The minimum absolute atomic E-state index is 0.114. The minimum Gasteiger partial charge on any atom is -0.507 e. The Bertz CT molecular complexity index is 4570. The Kier molecular flexibility index (Phi) is 15.4. The molecule has 0 saturated heterocycles. The number of fused-ring (bicyclic) bond motifs is 12. The summed E-state index contributed by atoms with van der Waals surface area (Å²) in [5.41, 5.74) is 24.2. The van der Waals surface area contributed by atoms with Crippen LogP contribution in [0.5, 0.6) is 23.0 Å². The second kappa shape index (κ2) is 25.5. The first-order valence-corrected chi connectivity index (χ1v) is 33.5. The second-order valence-electron chi connectivity index (χ2n) is 25.1. The smallest absolute Gasteiger partial charge is 0.135 e. The molecule has 4 heterocycles. The van der Waals surface area contributed by atoms with Crippen molar-refractivity contribution in [1.29, 1.82) is 0 Å². The maximum Gasteiger partial charge on any atom is 0.135 e. The molecule has 1 aliphatic rings. The Labute approximate surface area is 580 Å². The standard InChI is InChI=1S/C92H60N4O4/c97-69-49-41-65(42-50-69)81-85-73(57-25-9-1-10-26-57)74(58-27-11-2-12-28-58)86(93-85)82(66-43-51-70(98)52-44-66)88-77(61-33-17-5-18-34-61)78(62-35-19-6-20-36-62)90(95-88)84(68-47-55-72(100)56-48-68)92-80(64-39-23-8-24-40-64)79(63-37-21-7-22-38-63)91(96-92)83(67-45-53-71(99)54-46-67)89-76(60-31-15-4-16-32-60)75(87(81)94-89)59-29-13-3-14-30-59/h1-56,93-96H/p+4. The Morgan fingerprint density at radius 3 is 0.390 bits per heavy atom. The van der Waals surface area contributed by atoms with Gasteiger partial charge in [-0.05, 0) is 97.1 Å². The number of aromatic nitrogens is 4. The van der Waals surface area contributed by atoms with E-state index in [0.717, 1.165) is 180 Å². The Morgan fingerprint density at radius 2 is 0.270 bits per heavy atom. The number of nitrogens with one attached hydrogen (secondary N) is 4. The molecule has 0 spiro atoms. The van der Waals surface area contributed by atoms with Crippen molar-refractivity contribution in [1.82, 2.24) is 19.9 Å². The summed E-state index contributed by atoms with van der Waals surface area (Å²) < 4.78 is 0. The van der Waals surface area contributed by atoms with E-state index in [1.807, 2.05) is 48.5 Å². The molecule has 0 radical (unpaired) electrons. The van der Waals surface area contributed by atoms with Crippen LogP contribution in [-0.4, -0.2) is 40.4 Å². The summed E-state index contributed by atoms with van der Waals surface area (Å²) in [6.45, 7) is 0. The molecule has 100 heavy (non-hydrogen) atoms. The van der Waals surface area contributed by atoms with Gasteiger partial charge in [0.15, 0.2) is 0 Å². The predicted molar refractivity (Wildman–Crippen MR) is 401 cm³/mol. The number of hydrogen-bond acceptors (Lipinski definition) is 4. The van der Waals surface area contributed by atoms with Crippen LogP contribution >= 0.6 is 0 Å². The van der Waals surface area contributed by atoms with E-state index < -0.39 is 0 Å². The number of H-pyrrole nitrogens is 4. The van der Waals surface area contributed by atoms with E-state index in [9.17, 15) is 20.4 Å². The number of aromatic amines is 4. The van der Waals surface area contributed by atoms with Crippen molar-refractivity contribution in [2.45, 2.75) is 0 Å². The van der Waals surface area contributed by atoms with Crippen LogP contribution in [0.4, 0.5) is 0 Å². The van der Waals surface area contributed by atoms with Crippen LogP contribution in [0.3, 0.4) is 0 Å². The topological polar surface area (TPSA) is 144 Å². The average Bonchev–Trinajstić information content (AvgIpc) is 1.55. The molecule has 0 unspecified atom stereocenters. The van der Waals surface area contributed by atoms with Gasteiger partial charge in [-0.3, -0.25) is 0 Å². The zero-order valence-electron chi connectivity index (χ0n) is 54.1. The van der Waals surface area contributed by atoms with Gasteiger partial charge in [0.25, 0.3) is 0 Å². The van der Waals surface area contributed by atoms with E-state index in [2.05, 4.69) is 263 Å². The van der Waals surface area contributed by atoms with Gasteiger partial charge >= 0.3 is 0 Å². The summed E-state index contributed by atoms with van der Waals surface area (Å²) in [5.74, 6) is 3.66. The molecule has 0 atom stereocenters. The lowest BCUT2D eigenvalue weighted by atomic mass is 9.79. The lowest BCUT2D eigenvalue weighted by Crippen LogP contribution is -2.13. The molecule has 472 valence electrons. The van der Waals surface area contributed by atoms with E-state index in [-0.39, 0.29) is 23.0 Å².